The zero-order valence-electron chi connectivity index (χ0n) is 6.72. The number of ether oxygens (including phenoxy) is 2. The Bertz CT molecular complexity index is 76.8. The summed E-state index contributed by atoms with van der Waals surface area (Å²) in [5.41, 5.74) is 0. The molecule has 0 bridgehead atoms. The van der Waals surface area contributed by atoms with Gasteiger partial charge < -0.3 is 33.4 Å². The van der Waals surface area contributed by atoms with Gasteiger partial charge in [-0.1, -0.05) is 6.61 Å². The van der Waals surface area contributed by atoms with Crippen LogP contribution in [0.3, 0.4) is 0 Å². The van der Waals surface area contributed by atoms with Crippen molar-refractivity contribution in [2.75, 3.05) is 19.8 Å². The Hall–Kier alpha value is 1.17. The van der Waals surface area contributed by atoms with Crippen molar-refractivity contribution in [1.29, 1.82) is 0 Å². The van der Waals surface area contributed by atoms with Crippen molar-refractivity contribution in [2.45, 2.75) is 18.9 Å². The average Bonchev–Trinajstić information content (AvgIpc) is 2.34. The second-order valence-electron chi connectivity index (χ2n) is 2.21. The molecule has 0 spiro atoms. The molecule has 0 amide bonds. The van der Waals surface area contributed by atoms with Gasteiger partial charge in [-0.25, -0.2) is 0 Å². The zero-order valence-corrected chi connectivity index (χ0v) is 9.72. The third kappa shape index (κ3) is 6.34. The van der Waals surface area contributed by atoms with Crippen LogP contribution in [0, 0.1) is 6.92 Å². The Morgan fingerprint density at radius 2 is 2.27 bits per heavy atom. The standard InChI is InChI=1S/C7H13O2.BrH.Mg/c1-2-8-6-7-4-3-5-9-7;;/h7H,1-6H2;1H;/q-1;;+2/p-1. The molecule has 1 heterocycles. The maximum Gasteiger partial charge on any atom is 2.00 e. The SMILES string of the molecule is [Br-].[CH2-]COCC1CCCO1.[Mg+2]. The molecule has 0 aromatic rings. The molecule has 0 aromatic heterocycles. The van der Waals surface area contributed by atoms with Crippen molar-refractivity contribution in [2.24, 2.45) is 0 Å². The van der Waals surface area contributed by atoms with Crippen LogP contribution < -0.4 is 17.0 Å². The molecular formula is C7H13BrMgO2. The van der Waals surface area contributed by atoms with Crippen molar-refractivity contribution in [3.05, 3.63) is 6.92 Å². The number of hydrogen-bond donors (Lipinski definition) is 0. The third-order valence-electron chi connectivity index (χ3n) is 1.47. The molecule has 1 saturated heterocycles. The molecule has 0 aromatic carbocycles. The summed E-state index contributed by atoms with van der Waals surface area (Å²) >= 11 is 0. The van der Waals surface area contributed by atoms with E-state index in [0.717, 1.165) is 19.6 Å². The topological polar surface area (TPSA) is 18.5 Å². The average molecular weight is 233 g/mol. The first-order valence-corrected chi connectivity index (χ1v) is 3.42. The van der Waals surface area contributed by atoms with Crippen LogP contribution in [0.25, 0.3) is 0 Å². The molecule has 0 aliphatic carbocycles. The molecule has 0 radical (unpaired) electrons. The van der Waals surface area contributed by atoms with Crippen molar-refractivity contribution >= 4 is 23.1 Å². The minimum atomic E-state index is 0. The third-order valence-corrected chi connectivity index (χ3v) is 1.47. The Kier molecular flexibility index (Phi) is 12.4. The second kappa shape index (κ2) is 9.26. The van der Waals surface area contributed by atoms with Crippen molar-refractivity contribution in [3.63, 3.8) is 0 Å². The van der Waals surface area contributed by atoms with Crippen LogP contribution in [0.4, 0.5) is 0 Å². The molecule has 1 unspecified atom stereocenters. The fraction of sp³-hybridized carbons (Fsp3) is 0.857. The number of rotatable bonds is 3. The van der Waals surface area contributed by atoms with E-state index in [1.165, 1.54) is 6.42 Å². The van der Waals surface area contributed by atoms with Crippen LogP contribution in [0.1, 0.15) is 12.8 Å². The predicted octanol–water partition coefficient (Wildman–Crippen LogP) is -2.36. The molecule has 1 rings (SSSR count). The van der Waals surface area contributed by atoms with Gasteiger partial charge in [0.15, 0.2) is 0 Å². The van der Waals surface area contributed by atoms with E-state index < -0.39 is 0 Å². The monoisotopic (exact) mass is 232 g/mol. The van der Waals surface area contributed by atoms with Crippen LogP contribution in [0.15, 0.2) is 0 Å². The molecule has 0 N–H and O–H groups in total. The van der Waals surface area contributed by atoms with Gasteiger partial charge in [0.25, 0.3) is 0 Å². The molecular weight excluding hydrogens is 220 g/mol. The van der Waals surface area contributed by atoms with Gasteiger partial charge in [0.1, 0.15) is 0 Å². The molecule has 0 saturated carbocycles. The van der Waals surface area contributed by atoms with E-state index in [4.69, 9.17) is 9.47 Å². The Morgan fingerprint density at radius 3 is 2.73 bits per heavy atom. The van der Waals surface area contributed by atoms with E-state index in [1.807, 2.05) is 0 Å². The summed E-state index contributed by atoms with van der Waals surface area (Å²) in [5.74, 6) is 0. The summed E-state index contributed by atoms with van der Waals surface area (Å²) < 4.78 is 10.4. The first kappa shape index (κ1) is 14.7. The van der Waals surface area contributed by atoms with Crippen molar-refractivity contribution < 1.29 is 26.5 Å². The van der Waals surface area contributed by atoms with Crippen LogP contribution in [0.2, 0.25) is 0 Å². The maximum atomic E-state index is 5.30. The summed E-state index contributed by atoms with van der Waals surface area (Å²) in [6.07, 6.45) is 2.69. The predicted molar refractivity (Wildman–Crippen MR) is 40.9 cm³/mol. The number of halogens is 1. The van der Waals surface area contributed by atoms with Gasteiger partial charge in [0, 0.05) is 6.61 Å². The first-order chi connectivity index (χ1) is 4.43. The van der Waals surface area contributed by atoms with Gasteiger partial charge in [0.05, 0.1) is 12.7 Å². The summed E-state index contributed by atoms with van der Waals surface area (Å²) in [5, 5.41) is 0. The van der Waals surface area contributed by atoms with E-state index in [0.29, 0.717) is 12.7 Å². The first-order valence-electron chi connectivity index (χ1n) is 3.42. The molecule has 1 atom stereocenters. The van der Waals surface area contributed by atoms with Crippen LogP contribution >= 0.6 is 0 Å². The van der Waals surface area contributed by atoms with E-state index >= 15 is 0 Å². The molecule has 4 heteroatoms. The smallest absolute Gasteiger partial charge is 1.00 e. The van der Waals surface area contributed by atoms with Crippen molar-refractivity contribution in [3.8, 4) is 0 Å². The van der Waals surface area contributed by atoms with E-state index in [2.05, 4.69) is 6.92 Å². The normalized spacial score (nSPS) is 22.1. The second-order valence-corrected chi connectivity index (χ2v) is 2.21. The fourth-order valence-electron chi connectivity index (χ4n) is 0.991. The van der Waals surface area contributed by atoms with Gasteiger partial charge in [-0.2, -0.15) is 0 Å². The zero-order chi connectivity index (χ0) is 6.53. The fourth-order valence-corrected chi connectivity index (χ4v) is 0.991. The molecule has 11 heavy (non-hydrogen) atoms. The summed E-state index contributed by atoms with van der Waals surface area (Å²) in [7, 11) is 0. The van der Waals surface area contributed by atoms with Crippen LogP contribution in [-0.2, 0) is 9.47 Å². The van der Waals surface area contributed by atoms with Crippen LogP contribution in [-0.4, -0.2) is 49.0 Å². The van der Waals surface area contributed by atoms with Crippen molar-refractivity contribution in [1.82, 2.24) is 0 Å². The summed E-state index contributed by atoms with van der Waals surface area (Å²) in [6.45, 7) is 5.76. The number of hydrogen-bond acceptors (Lipinski definition) is 2. The molecule has 1 aliphatic rings. The molecule has 1 aliphatic heterocycles. The minimum Gasteiger partial charge on any atom is -1.00 e. The van der Waals surface area contributed by atoms with Gasteiger partial charge in [-0.15, -0.1) is 0 Å². The summed E-state index contributed by atoms with van der Waals surface area (Å²) in [4.78, 5) is 0. The Labute approximate surface area is 94.9 Å². The van der Waals surface area contributed by atoms with E-state index in [-0.39, 0.29) is 40.0 Å². The quantitative estimate of drug-likeness (QED) is 0.401. The van der Waals surface area contributed by atoms with E-state index in [9.17, 15) is 0 Å². The van der Waals surface area contributed by atoms with E-state index in [1.54, 1.807) is 0 Å². The van der Waals surface area contributed by atoms with Gasteiger partial charge in [-0.3, -0.25) is 0 Å². The Morgan fingerprint density at radius 1 is 1.55 bits per heavy atom. The van der Waals surface area contributed by atoms with Crippen LogP contribution in [0.5, 0.6) is 0 Å². The summed E-state index contributed by atoms with van der Waals surface area (Å²) in [6, 6.07) is 0. The largest absolute Gasteiger partial charge is 2.00 e. The van der Waals surface area contributed by atoms with Gasteiger partial charge in [-0.05, 0) is 12.8 Å². The van der Waals surface area contributed by atoms with Gasteiger partial charge >= 0.3 is 23.1 Å². The Balaban J connectivity index is 0. The molecule has 1 fully saturated rings. The molecule has 62 valence electrons. The minimum absolute atomic E-state index is 0. The molecule has 2 nitrogen and oxygen atoms in total. The maximum absolute atomic E-state index is 5.30. The van der Waals surface area contributed by atoms with Gasteiger partial charge in [0.2, 0.25) is 0 Å².